The number of rotatable bonds is 6. The van der Waals surface area contributed by atoms with Crippen molar-refractivity contribution in [1.29, 1.82) is 0 Å². The Labute approximate surface area is 143 Å². The molecule has 1 fully saturated rings. The van der Waals surface area contributed by atoms with Crippen molar-refractivity contribution < 1.29 is 28.9 Å². The average molecular weight is 359 g/mol. The first-order chi connectivity index (χ1) is 11.8. The zero-order valence-corrected chi connectivity index (χ0v) is 14.0. The fraction of sp³-hybridized carbons (Fsp3) is 0.667. The van der Waals surface area contributed by atoms with Crippen LogP contribution in [0.1, 0.15) is 39.3 Å². The molecule has 2 heterocycles. The minimum Gasteiger partial charge on any atom is -0.449 e. The predicted octanol–water partition coefficient (Wildman–Crippen LogP) is 0.760. The Bertz CT molecular complexity index is 667. The van der Waals surface area contributed by atoms with Crippen LogP contribution in [0.15, 0.2) is 11.0 Å². The molecule has 0 saturated carbocycles. The number of hydrogen-bond acceptors (Lipinski definition) is 7. The first-order valence-electron chi connectivity index (χ1n) is 8.09. The van der Waals surface area contributed by atoms with Crippen LogP contribution in [-0.4, -0.2) is 50.8 Å². The number of aromatic nitrogens is 2. The molecule has 1 saturated heterocycles. The van der Waals surface area contributed by atoms with Crippen molar-refractivity contribution in [2.24, 2.45) is 0 Å². The van der Waals surface area contributed by atoms with Crippen molar-refractivity contribution in [2.75, 3.05) is 11.9 Å². The van der Waals surface area contributed by atoms with Crippen LogP contribution < -0.4 is 11.0 Å². The molecular weight excluding hydrogens is 337 g/mol. The number of amides is 1. The average Bonchev–Trinajstić information content (AvgIpc) is 2.82. The number of carbonyl (C=O) groups is 1. The quantitative estimate of drug-likeness (QED) is 0.641. The van der Waals surface area contributed by atoms with Crippen LogP contribution in [0.25, 0.3) is 0 Å². The molecule has 1 aromatic heterocycles. The molecule has 2 rings (SSSR count). The minimum absolute atomic E-state index is 0.177. The van der Waals surface area contributed by atoms with Crippen LogP contribution in [0.3, 0.4) is 0 Å². The zero-order chi connectivity index (χ0) is 18.6. The number of halogens is 1. The lowest BCUT2D eigenvalue weighted by molar-refractivity contribution is -0.0355. The van der Waals surface area contributed by atoms with Crippen LogP contribution in [0, 0.1) is 5.82 Å². The van der Waals surface area contributed by atoms with Crippen molar-refractivity contribution in [3.63, 3.8) is 0 Å². The van der Waals surface area contributed by atoms with E-state index >= 15 is 0 Å². The Balaban J connectivity index is 2.07. The van der Waals surface area contributed by atoms with Crippen molar-refractivity contribution >= 4 is 11.9 Å². The Morgan fingerprint density at radius 3 is 2.76 bits per heavy atom. The maximum Gasteiger partial charge on any atom is 0.412 e. The number of ether oxygens (including phenoxy) is 2. The van der Waals surface area contributed by atoms with Gasteiger partial charge in [-0.05, 0) is 13.3 Å². The highest BCUT2D eigenvalue weighted by Gasteiger charge is 2.42. The summed E-state index contributed by atoms with van der Waals surface area (Å²) in [7, 11) is 0. The van der Waals surface area contributed by atoms with Crippen molar-refractivity contribution in [3.8, 4) is 0 Å². The van der Waals surface area contributed by atoms with Crippen molar-refractivity contribution in [2.45, 2.75) is 57.6 Å². The van der Waals surface area contributed by atoms with E-state index in [1.165, 1.54) is 6.92 Å². The number of hydrogen-bond donors (Lipinski definition) is 3. The monoisotopic (exact) mass is 359 g/mol. The number of aliphatic hydroxyl groups excluding tert-OH is 2. The van der Waals surface area contributed by atoms with Gasteiger partial charge in [0.25, 0.3) is 0 Å². The normalized spacial score (nSPS) is 25.8. The fourth-order valence-electron chi connectivity index (χ4n) is 2.42. The van der Waals surface area contributed by atoms with Gasteiger partial charge in [0.1, 0.15) is 12.2 Å². The van der Waals surface area contributed by atoms with E-state index in [9.17, 15) is 24.2 Å². The summed E-state index contributed by atoms with van der Waals surface area (Å²) in [6.07, 6.45) is -2.25. The van der Waals surface area contributed by atoms with E-state index in [1.807, 2.05) is 6.92 Å². The molecule has 0 aromatic carbocycles. The lowest BCUT2D eigenvalue weighted by atomic mass is 10.1. The van der Waals surface area contributed by atoms with E-state index in [2.05, 4.69) is 10.3 Å². The van der Waals surface area contributed by atoms with Crippen LogP contribution >= 0.6 is 0 Å². The highest BCUT2D eigenvalue weighted by molar-refractivity contribution is 5.83. The first-order valence-corrected chi connectivity index (χ1v) is 8.09. The second-order valence-corrected chi connectivity index (χ2v) is 5.81. The highest BCUT2D eigenvalue weighted by Crippen LogP contribution is 2.28. The van der Waals surface area contributed by atoms with Gasteiger partial charge in [-0.15, -0.1) is 0 Å². The van der Waals surface area contributed by atoms with Gasteiger partial charge in [-0.2, -0.15) is 4.98 Å². The zero-order valence-electron chi connectivity index (χ0n) is 14.0. The van der Waals surface area contributed by atoms with Crippen LogP contribution in [0.2, 0.25) is 0 Å². The minimum atomic E-state index is -1.41. The van der Waals surface area contributed by atoms with Gasteiger partial charge in [-0.25, -0.2) is 14.0 Å². The third-order valence-electron chi connectivity index (χ3n) is 3.86. The second kappa shape index (κ2) is 8.37. The predicted molar refractivity (Wildman–Crippen MR) is 84.5 cm³/mol. The highest BCUT2D eigenvalue weighted by atomic mass is 19.1. The molecule has 1 amide bonds. The standard InChI is InChI=1S/C15H22FN3O6/c1-3-4-5-6-24-15(23)18-12-9(16)7-19(14(22)17-12)13-11(21)10(20)8(2)25-13/h7-8,10-11,13,20-21H,3-6H2,1-2H3,(H,17,18,22,23)/t8-,10+,11+,13-/m0/s1. The van der Waals surface area contributed by atoms with Crippen molar-refractivity contribution in [3.05, 3.63) is 22.5 Å². The Morgan fingerprint density at radius 1 is 1.44 bits per heavy atom. The maximum absolute atomic E-state index is 14.1. The fourth-order valence-corrected chi connectivity index (χ4v) is 2.42. The maximum atomic E-state index is 14.1. The third kappa shape index (κ3) is 4.53. The van der Waals surface area contributed by atoms with Gasteiger partial charge in [-0.1, -0.05) is 19.8 Å². The number of nitrogens with zero attached hydrogens (tertiary/aromatic N) is 2. The second-order valence-electron chi connectivity index (χ2n) is 5.81. The van der Waals surface area contributed by atoms with E-state index < -0.39 is 48.0 Å². The van der Waals surface area contributed by atoms with Crippen molar-refractivity contribution in [1.82, 2.24) is 9.55 Å². The summed E-state index contributed by atoms with van der Waals surface area (Å²) in [6.45, 7) is 3.68. The van der Waals surface area contributed by atoms with Crippen LogP contribution in [0.4, 0.5) is 15.0 Å². The molecule has 0 radical (unpaired) electrons. The number of carbonyl (C=O) groups excluding carboxylic acids is 1. The Morgan fingerprint density at radius 2 is 2.16 bits per heavy atom. The molecule has 0 bridgehead atoms. The summed E-state index contributed by atoms with van der Waals surface area (Å²) in [5, 5.41) is 21.6. The number of unbranched alkanes of at least 4 members (excludes halogenated alkanes) is 2. The Hall–Kier alpha value is -2.04. The third-order valence-corrected chi connectivity index (χ3v) is 3.86. The van der Waals surface area contributed by atoms with E-state index in [4.69, 9.17) is 9.47 Å². The number of anilines is 1. The molecule has 25 heavy (non-hydrogen) atoms. The van der Waals surface area contributed by atoms with Gasteiger partial charge < -0.3 is 19.7 Å². The number of aliphatic hydroxyl groups is 2. The van der Waals surface area contributed by atoms with Gasteiger partial charge in [0.05, 0.1) is 18.9 Å². The van der Waals surface area contributed by atoms with Gasteiger partial charge >= 0.3 is 11.8 Å². The SMILES string of the molecule is CCCCCOC(=O)Nc1nc(=O)n([C@H]2O[C@@H](C)[C@@H](O)[C@H]2O)cc1F. The molecule has 9 nitrogen and oxygen atoms in total. The van der Waals surface area contributed by atoms with Gasteiger partial charge in [0.15, 0.2) is 17.9 Å². The van der Waals surface area contributed by atoms with Gasteiger partial charge in [0, 0.05) is 0 Å². The van der Waals surface area contributed by atoms with E-state index in [-0.39, 0.29) is 6.61 Å². The van der Waals surface area contributed by atoms with E-state index in [1.54, 1.807) is 0 Å². The largest absolute Gasteiger partial charge is 0.449 e. The van der Waals surface area contributed by atoms with Crippen LogP contribution in [-0.2, 0) is 9.47 Å². The summed E-state index contributed by atoms with van der Waals surface area (Å²) >= 11 is 0. The summed E-state index contributed by atoms with van der Waals surface area (Å²) in [5.74, 6) is -1.59. The molecule has 3 N–H and O–H groups in total. The lowest BCUT2D eigenvalue weighted by Crippen LogP contribution is -2.36. The summed E-state index contributed by atoms with van der Waals surface area (Å²) in [4.78, 5) is 27.0. The first kappa shape index (κ1) is 19.3. The van der Waals surface area contributed by atoms with E-state index in [0.717, 1.165) is 23.6 Å². The topological polar surface area (TPSA) is 123 Å². The summed E-state index contributed by atoms with van der Waals surface area (Å²) in [6, 6.07) is 0. The lowest BCUT2D eigenvalue weighted by Gasteiger charge is -2.17. The smallest absolute Gasteiger partial charge is 0.412 e. The van der Waals surface area contributed by atoms with Gasteiger partial charge in [-0.3, -0.25) is 9.88 Å². The van der Waals surface area contributed by atoms with Gasteiger partial charge in [0.2, 0.25) is 0 Å². The molecular formula is C15H22FN3O6. The molecule has 0 spiro atoms. The molecule has 0 aliphatic carbocycles. The molecule has 4 atom stereocenters. The molecule has 1 aliphatic heterocycles. The molecule has 10 heteroatoms. The van der Waals surface area contributed by atoms with E-state index in [0.29, 0.717) is 6.42 Å². The molecule has 1 aromatic rings. The Kier molecular flexibility index (Phi) is 6.45. The molecule has 140 valence electrons. The summed E-state index contributed by atoms with van der Waals surface area (Å²) in [5.41, 5.74) is -0.951. The van der Waals surface area contributed by atoms with Crippen LogP contribution in [0.5, 0.6) is 0 Å². The molecule has 0 unspecified atom stereocenters. The summed E-state index contributed by atoms with van der Waals surface area (Å²) < 4.78 is 24.9. The molecule has 1 aliphatic rings. The number of nitrogens with one attached hydrogen (secondary N) is 1.